The highest BCUT2D eigenvalue weighted by Gasteiger charge is 2.29. The zero-order chi connectivity index (χ0) is 19.8. The van der Waals surface area contributed by atoms with Crippen LogP contribution < -0.4 is 9.80 Å². The highest BCUT2D eigenvalue weighted by molar-refractivity contribution is 5.68. The van der Waals surface area contributed by atoms with Gasteiger partial charge in [-0.2, -0.15) is 4.98 Å². The van der Waals surface area contributed by atoms with Crippen LogP contribution in [0.2, 0.25) is 0 Å². The molecule has 0 bridgehead atoms. The van der Waals surface area contributed by atoms with Crippen LogP contribution in [-0.2, 0) is 6.42 Å². The number of benzene rings is 1. The van der Waals surface area contributed by atoms with Gasteiger partial charge in [0.2, 0.25) is 5.95 Å². The Bertz CT molecular complexity index is 846. The summed E-state index contributed by atoms with van der Waals surface area (Å²) in [7, 11) is 0. The summed E-state index contributed by atoms with van der Waals surface area (Å²) in [6.07, 6.45) is 6.37. The zero-order valence-corrected chi connectivity index (χ0v) is 18.2. The topological polar surface area (TPSA) is 32.3 Å². The van der Waals surface area contributed by atoms with Gasteiger partial charge >= 0.3 is 0 Å². The number of aryl methyl sites for hydroxylation is 4. The molecule has 4 rings (SSSR count). The van der Waals surface area contributed by atoms with Crippen molar-refractivity contribution in [3.8, 4) is 0 Å². The number of rotatable bonds is 5. The molecule has 1 aliphatic heterocycles. The number of nitrogens with zero attached hydrogens (tertiary/aromatic N) is 4. The lowest BCUT2D eigenvalue weighted by molar-refractivity contribution is 0.677. The molecule has 150 valence electrons. The first-order valence-corrected chi connectivity index (χ1v) is 11.0. The third kappa shape index (κ3) is 3.74. The first-order chi connectivity index (χ1) is 13.5. The SMILES string of the molecule is CCN(c1nc(C)c2c(n1)N(CC1CC1)CCCC2)c1c(C)cc(C)cc1C. The summed E-state index contributed by atoms with van der Waals surface area (Å²) in [6, 6.07) is 4.53. The van der Waals surface area contributed by atoms with E-state index in [1.54, 1.807) is 0 Å². The Labute approximate surface area is 170 Å². The molecule has 1 aliphatic carbocycles. The van der Waals surface area contributed by atoms with Crippen LogP contribution in [0.1, 0.15) is 60.6 Å². The van der Waals surface area contributed by atoms with Crippen molar-refractivity contribution in [2.45, 2.75) is 66.7 Å². The van der Waals surface area contributed by atoms with Crippen LogP contribution in [0.15, 0.2) is 12.1 Å². The van der Waals surface area contributed by atoms with Crippen LogP contribution >= 0.6 is 0 Å². The van der Waals surface area contributed by atoms with Crippen molar-refractivity contribution in [2.24, 2.45) is 5.92 Å². The Kier molecular flexibility index (Phi) is 5.31. The minimum absolute atomic E-state index is 0.858. The van der Waals surface area contributed by atoms with Gasteiger partial charge in [-0.3, -0.25) is 0 Å². The molecule has 0 spiro atoms. The number of anilines is 3. The van der Waals surface area contributed by atoms with Gasteiger partial charge in [0.05, 0.1) is 0 Å². The van der Waals surface area contributed by atoms with Crippen LogP contribution in [0, 0.1) is 33.6 Å². The monoisotopic (exact) mass is 378 g/mol. The van der Waals surface area contributed by atoms with E-state index in [1.165, 1.54) is 59.4 Å². The van der Waals surface area contributed by atoms with Gasteiger partial charge in [0.15, 0.2) is 0 Å². The van der Waals surface area contributed by atoms with Crippen molar-refractivity contribution in [3.05, 3.63) is 40.1 Å². The summed E-state index contributed by atoms with van der Waals surface area (Å²) < 4.78 is 0. The van der Waals surface area contributed by atoms with Gasteiger partial charge in [-0.1, -0.05) is 17.7 Å². The highest BCUT2D eigenvalue weighted by atomic mass is 15.3. The molecule has 2 aromatic rings. The summed E-state index contributed by atoms with van der Waals surface area (Å²) in [5.74, 6) is 2.93. The molecule has 0 N–H and O–H groups in total. The maximum atomic E-state index is 5.19. The molecule has 0 saturated heterocycles. The van der Waals surface area contributed by atoms with E-state index in [0.717, 1.165) is 43.6 Å². The maximum absolute atomic E-state index is 5.19. The molecule has 0 unspecified atom stereocenters. The van der Waals surface area contributed by atoms with E-state index in [1.807, 2.05) is 0 Å². The Hall–Kier alpha value is -2.10. The van der Waals surface area contributed by atoms with Crippen molar-refractivity contribution in [1.29, 1.82) is 0 Å². The van der Waals surface area contributed by atoms with E-state index in [2.05, 4.69) is 56.6 Å². The van der Waals surface area contributed by atoms with Crippen molar-refractivity contribution < 1.29 is 0 Å². The minimum atomic E-state index is 0.858. The average molecular weight is 379 g/mol. The zero-order valence-electron chi connectivity index (χ0n) is 18.2. The summed E-state index contributed by atoms with van der Waals surface area (Å²) in [6.45, 7) is 14.1. The molecule has 1 saturated carbocycles. The first kappa shape index (κ1) is 19.2. The first-order valence-electron chi connectivity index (χ1n) is 11.0. The van der Waals surface area contributed by atoms with Gasteiger partial charge in [0.1, 0.15) is 5.82 Å². The minimum Gasteiger partial charge on any atom is -0.356 e. The van der Waals surface area contributed by atoms with E-state index < -0.39 is 0 Å². The largest absolute Gasteiger partial charge is 0.356 e. The summed E-state index contributed by atoms with van der Waals surface area (Å²) in [5, 5.41) is 0. The summed E-state index contributed by atoms with van der Waals surface area (Å²) in [4.78, 5) is 15.0. The Balaban J connectivity index is 1.79. The molecule has 0 atom stereocenters. The predicted octanol–water partition coefficient (Wildman–Crippen LogP) is 5.42. The molecule has 28 heavy (non-hydrogen) atoms. The van der Waals surface area contributed by atoms with Gasteiger partial charge in [-0.05, 0) is 83.8 Å². The molecule has 1 fully saturated rings. The van der Waals surface area contributed by atoms with Crippen molar-refractivity contribution in [3.63, 3.8) is 0 Å². The van der Waals surface area contributed by atoms with Gasteiger partial charge in [-0.15, -0.1) is 0 Å². The Morgan fingerprint density at radius 2 is 1.75 bits per heavy atom. The number of aromatic nitrogens is 2. The van der Waals surface area contributed by atoms with Crippen LogP contribution in [-0.4, -0.2) is 29.6 Å². The molecule has 1 aromatic heterocycles. The molecule has 2 aliphatic rings. The average Bonchev–Trinajstić information content (AvgIpc) is 3.46. The van der Waals surface area contributed by atoms with E-state index in [4.69, 9.17) is 9.97 Å². The quantitative estimate of drug-likeness (QED) is 0.695. The van der Waals surface area contributed by atoms with E-state index >= 15 is 0 Å². The molecular weight excluding hydrogens is 344 g/mol. The van der Waals surface area contributed by atoms with E-state index in [9.17, 15) is 0 Å². The number of hydrogen-bond acceptors (Lipinski definition) is 4. The fraction of sp³-hybridized carbons (Fsp3) is 0.583. The summed E-state index contributed by atoms with van der Waals surface area (Å²) in [5.41, 5.74) is 7.69. The van der Waals surface area contributed by atoms with Crippen molar-refractivity contribution in [2.75, 3.05) is 29.4 Å². The molecule has 4 heteroatoms. The number of fused-ring (bicyclic) bond motifs is 1. The molecule has 4 nitrogen and oxygen atoms in total. The Morgan fingerprint density at radius 3 is 2.39 bits per heavy atom. The smallest absolute Gasteiger partial charge is 0.232 e. The van der Waals surface area contributed by atoms with Crippen molar-refractivity contribution >= 4 is 17.5 Å². The third-order valence-corrected chi connectivity index (χ3v) is 6.22. The van der Waals surface area contributed by atoms with Crippen molar-refractivity contribution in [1.82, 2.24) is 9.97 Å². The van der Waals surface area contributed by atoms with E-state index in [0.29, 0.717) is 0 Å². The normalized spacial score (nSPS) is 16.7. The highest BCUT2D eigenvalue weighted by Crippen LogP contribution is 2.36. The van der Waals surface area contributed by atoms with E-state index in [-0.39, 0.29) is 0 Å². The number of hydrogen-bond donors (Lipinski definition) is 0. The summed E-state index contributed by atoms with van der Waals surface area (Å²) >= 11 is 0. The molecular formula is C24H34N4. The van der Waals surface area contributed by atoms with Crippen LogP contribution in [0.3, 0.4) is 0 Å². The lowest BCUT2D eigenvalue weighted by Gasteiger charge is -2.29. The lowest BCUT2D eigenvalue weighted by atomic mass is 10.0. The maximum Gasteiger partial charge on any atom is 0.232 e. The van der Waals surface area contributed by atoms with Crippen LogP contribution in [0.4, 0.5) is 17.5 Å². The predicted molar refractivity (Wildman–Crippen MR) is 118 cm³/mol. The van der Waals surface area contributed by atoms with Crippen LogP contribution in [0.25, 0.3) is 0 Å². The fourth-order valence-corrected chi connectivity index (χ4v) is 4.74. The van der Waals surface area contributed by atoms with Gasteiger partial charge < -0.3 is 9.80 Å². The third-order valence-electron chi connectivity index (χ3n) is 6.22. The molecule has 1 aromatic carbocycles. The van der Waals surface area contributed by atoms with Crippen LogP contribution in [0.5, 0.6) is 0 Å². The second-order valence-corrected chi connectivity index (χ2v) is 8.75. The van der Waals surface area contributed by atoms with Gasteiger partial charge in [0, 0.05) is 36.6 Å². The van der Waals surface area contributed by atoms with Gasteiger partial charge in [-0.25, -0.2) is 4.98 Å². The second-order valence-electron chi connectivity index (χ2n) is 8.75. The second kappa shape index (κ2) is 7.73. The molecule has 0 radical (unpaired) electrons. The molecule has 2 heterocycles. The van der Waals surface area contributed by atoms with Gasteiger partial charge in [0.25, 0.3) is 0 Å². The fourth-order valence-electron chi connectivity index (χ4n) is 4.74. The lowest BCUT2D eigenvalue weighted by Crippen LogP contribution is -2.29. The standard InChI is InChI=1S/C24H34N4/c1-6-28(22-17(3)13-16(2)14-18(22)4)24-25-19(5)21-9-7-8-12-27(23(21)26-24)15-20-10-11-20/h13-14,20H,6-12,15H2,1-5H3. The molecule has 0 amide bonds. The Morgan fingerprint density at radius 1 is 1.04 bits per heavy atom.